The zero-order chi connectivity index (χ0) is 9.07. The smallest absolute Gasteiger partial charge is 0.309 e. The summed E-state index contributed by atoms with van der Waals surface area (Å²) in [4.78, 5) is 0. The zero-order valence-corrected chi connectivity index (χ0v) is 6.37. The summed E-state index contributed by atoms with van der Waals surface area (Å²) in [6.45, 7) is 2.87. The van der Waals surface area contributed by atoms with E-state index < -0.39 is 18.4 Å². The fourth-order valence-corrected chi connectivity index (χ4v) is 0.631. The van der Waals surface area contributed by atoms with Crippen LogP contribution in [-0.4, -0.2) is 24.9 Å². The van der Waals surface area contributed by atoms with Crippen LogP contribution in [0.1, 0.15) is 13.8 Å². The summed E-state index contributed by atoms with van der Waals surface area (Å²) >= 11 is 0. The van der Waals surface area contributed by atoms with Crippen LogP contribution in [0.3, 0.4) is 0 Å². The summed E-state index contributed by atoms with van der Waals surface area (Å²) in [6, 6.07) is -1.48. The van der Waals surface area contributed by atoms with Gasteiger partial charge in [0.1, 0.15) is 0 Å². The number of rotatable bonds is 4. The van der Waals surface area contributed by atoms with Gasteiger partial charge in [-0.15, -0.1) is 0 Å². The van der Waals surface area contributed by atoms with Crippen LogP contribution < -0.4 is 5.32 Å². The molecule has 0 radical (unpaired) electrons. The van der Waals surface area contributed by atoms with Crippen molar-refractivity contribution in [1.29, 1.82) is 0 Å². The molecule has 5 heteroatoms. The van der Waals surface area contributed by atoms with E-state index in [0.29, 0.717) is 0 Å². The number of nitrogens with one attached hydrogen (secondary N) is 1. The normalized spacial score (nSPS) is 15.5. The number of alkyl halides is 4. The van der Waals surface area contributed by atoms with Crippen molar-refractivity contribution in [2.75, 3.05) is 6.54 Å². The molecule has 0 saturated carbocycles. The third kappa shape index (κ3) is 2.65. The molecular weight excluding hydrogens is 162 g/mol. The Labute approximate surface area is 62.8 Å². The lowest BCUT2D eigenvalue weighted by Crippen LogP contribution is -2.47. The topological polar surface area (TPSA) is 12.0 Å². The second kappa shape index (κ2) is 3.90. The maximum absolute atomic E-state index is 12.3. The van der Waals surface area contributed by atoms with Gasteiger partial charge in [-0.3, -0.25) is 0 Å². The summed E-state index contributed by atoms with van der Waals surface area (Å²) in [5.74, 6) is -3.93. The molecule has 1 N–H and O–H groups in total. The largest absolute Gasteiger partial charge is 0.322 e. The molecule has 1 atom stereocenters. The molecule has 11 heavy (non-hydrogen) atoms. The molecule has 0 aliphatic carbocycles. The van der Waals surface area contributed by atoms with E-state index in [9.17, 15) is 17.6 Å². The molecule has 0 aromatic carbocycles. The molecule has 0 aromatic rings. The van der Waals surface area contributed by atoms with Crippen molar-refractivity contribution >= 4 is 0 Å². The van der Waals surface area contributed by atoms with Crippen molar-refractivity contribution in [2.24, 2.45) is 0 Å². The Hall–Kier alpha value is -0.320. The van der Waals surface area contributed by atoms with Gasteiger partial charge >= 0.3 is 12.3 Å². The SMILES string of the molecule is CCNC(C)C(F)(F)C(F)F. The highest BCUT2D eigenvalue weighted by molar-refractivity contribution is 4.81. The Morgan fingerprint density at radius 1 is 1.36 bits per heavy atom. The summed E-state index contributed by atoms with van der Waals surface area (Å²) < 4.78 is 47.8. The molecule has 0 saturated heterocycles. The Balaban J connectivity index is 4.05. The third-order valence-corrected chi connectivity index (χ3v) is 1.38. The molecule has 0 heterocycles. The van der Waals surface area contributed by atoms with Crippen LogP contribution >= 0.6 is 0 Å². The lowest BCUT2D eigenvalue weighted by Gasteiger charge is -2.22. The van der Waals surface area contributed by atoms with Crippen LogP contribution in [0, 0.1) is 0 Å². The molecule has 0 aliphatic rings. The molecule has 0 amide bonds. The van der Waals surface area contributed by atoms with Crippen molar-refractivity contribution in [2.45, 2.75) is 32.2 Å². The van der Waals surface area contributed by atoms with Gasteiger partial charge in [0.2, 0.25) is 0 Å². The fourth-order valence-electron chi connectivity index (χ4n) is 0.631. The van der Waals surface area contributed by atoms with E-state index in [-0.39, 0.29) is 6.54 Å². The standard InChI is InChI=1S/C6H11F4N/c1-3-11-4(2)6(9,10)5(7)8/h4-5,11H,3H2,1-2H3. The molecule has 0 aromatic heterocycles. The first-order valence-corrected chi connectivity index (χ1v) is 3.32. The van der Waals surface area contributed by atoms with Gasteiger partial charge in [-0.2, -0.15) is 8.78 Å². The minimum absolute atomic E-state index is 0.253. The van der Waals surface area contributed by atoms with Crippen LogP contribution in [0.25, 0.3) is 0 Å². The van der Waals surface area contributed by atoms with Gasteiger partial charge in [0.15, 0.2) is 0 Å². The number of hydrogen-bond donors (Lipinski definition) is 1. The zero-order valence-electron chi connectivity index (χ0n) is 6.37. The Kier molecular flexibility index (Phi) is 3.78. The van der Waals surface area contributed by atoms with Crippen LogP contribution in [0.2, 0.25) is 0 Å². The third-order valence-electron chi connectivity index (χ3n) is 1.38. The molecule has 0 aliphatic heterocycles. The lowest BCUT2D eigenvalue weighted by molar-refractivity contribution is -0.146. The number of hydrogen-bond acceptors (Lipinski definition) is 1. The van der Waals surface area contributed by atoms with Crippen LogP contribution in [0.5, 0.6) is 0 Å². The first-order chi connectivity index (χ1) is 4.92. The molecule has 0 fully saturated rings. The van der Waals surface area contributed by atoms with Crippen molar-refractivity contribution < 1.29 is 17.6 Å². The van der Waals surface area contributed by atoms with Gasteiger partial charge in [-0.1, -0.05) is 6.92 Å². The van der Waals surface area contributed by atoms with Crippen LogP contribution in [0.15, 0.2) is 0 Å². The Bertz CT molecular complexity index is 115. The van der Waals surface area contributed by atoms with E-state index in [4.69, 9.17) is 0 Å². The van der Waals surface area contributed by atoms with Crippen molar-refractivity contribution in [3.8, 4) is 0 Å². The maximum atomic E-state index is 12.3. The van der Waals surface area contributed by atoms with Crippen molar-refractivity contribution in [1.82, 2.24) is 5.32 Å². The minimum Gasteiger partial charge on any atom is -0.309 e. The van der Waals surface area contributed by atoms with Gasteiger partial charge < -0.3 is 5.32 Å². The van der Waals surface area contributed by atoms with Gasteiger partial charge in [0.05, 0.1) is 6.04 Å². The predicted octanol–water partition coefficient (Wildman–Crippen LogP) is 1.88. The molecule has 1 unspecified atom stereocenters. The van der Waals surface area contributed by atoms with Crippen molar-refractivity contribution in [3.05, 3.63) is 0 Å². The van der Waals surface area contributed by atoms with E-state index in [2.05, 4.69) is 5.32 Å². The summed E-state index contributed by atoms with van der Waals surface area (Å²) in [6.07, 6.45) is -3.60. The second-order valence-electron chi connectivity index (χ2n) is 2.25. The quantitative estimate of drug-likeness (QED) is 0.640. The molecule has 0 bridgehead atoms. The van der Waals surface area contributed by atoms with E-state index in [0.717, 1.165) is 6.92 Å². The highest BCUT2D eigenvalue weighted by atomic mass is 19.3. The minimum atomic E-state index is -3.93. The van der Waals surface area contributed by atoms with E-state index in [1.807, 2.05) is 0 Å². The Morgan fingerprint density at radius 2 is 1.82 bits per heavy atom. The van der Waals surface area contributed by atoms with Gasteiger partial charge in [0.25, 0.3) is 0 Å². The van der Waals surface area contributed by atoms with Gasteiger partial charge in [-0.25, -0.2) is 8.78 Å². The van der Waals surface area contributed by atoms with Gasteiger partial charge in [0, 0.05) is 0 Å². The van der Waals surface area contributed by atoms with E-state index in [1.165, 1.54) is 0 Å². The van der Waals surface area contributed by atoms with Crippen molar-refractivity contribution in [3.63, 3.8) is 0 Å². The van der Waals surface area contributed by atoms with Gasteiger partial charge in [-0.05, 0) is 13.5 Å². The molecule has 1 nitrogen and oxygen atoms in total. The van der Waals surface area contributed by atoms with Crippen LogP contribution in [-0.2, 0) is 0 Å². The molecule has 0 rings (SSSR count). The van der Waals surface area contributed by atoms with E-state index >= 15 is 0 Å². The first kappa shape index (κ1) is 10.7. The summed E-state index contributed by atoms with van der Waals surface area (Å²) in [5, 5.41) is 2.24. The average molecular weight is 173 g/mol. The van der Waals surface area contributed by atoms with Crippen LogP contribution in [0.4, 0.5) is 17.6 Å². The lowest BCUT2D eigenvalue weighted by atomic mass is 10.2. The monoisotopic (exact) mass is 173 g/mol. The van der Waals surface area contributed by atoms with E-state index in [1.54, 1.807) is 6.92 Å². The highest BCUT2D eigenvalue weighted by Crippen LogP contribution is 2.26. The molecule has 0 spiro atoms. The Morgan fingerprint density at radius 3 is 2.09 bits per heavy atom. The second-order valence-corrected chi connectivity index (χ2v) is 2.25. The summed E-state index contributed by atoms with van der Waals surface area (Å²) in [5.41, 5.74) is 0. The number of halogens is 4. The predicted molar refractivity (Wildman–Crippen MR) is 34.1 cm³/mol. The molecule has 68 valence electrons. The fraction of sp³-hybridized carbons (Fsp3) is 1.00. The first-order valence-electron chi connectivity index (χ1n) is 3.32. The summed E-state index contributed by atoms with van der Waals surface area (Å²) in [7, 11) is 0. The average Bonchev–Trinajstić information content (AvgIpc) is 1.88. The highest BCUT2D eigenvalue weighted by Gasteiger charge is 2.45. The molecular formula is C6H11F4N. The maximum Gasteiger partial charge on any atom is 0.322 e.